The van der Waals surface area contributed by atoms with Crippen LogP contribution in [-0.2, 0) is 18.0 Å². The number of hydrogen-bond acceptors (Lipinski definition) is 5. The molecule has 0 aromatic heterocycles. The molecule has 2 heterocycles. The summed E-state index contributed by atoms with van der Waals surface area (Å²) in [5, 5.41) is 18.3. The van der Waals surface area contributed by atoms with Crippen molar-refractivity contribution < 1.29 is 23.1 Å². The van der Waals surface area contributed by atoms with Gasteiger partial charge in [-0.25, -0.2) is 0 Å². The van der Waals surface area contributed by atoms with Crippen molar-refractivity contribution in [3.63, 3.8) is 0 Å². The highest BCUT2D eigenvalue weighted by atomic mass is 28.4. The van der Waals surface area contributed by atoms with Gasteiger partial charge in [-0.1, -0.05) is 204 Å². The lowest BCUT2D eigenvalue weighted by Crippen LogP contribution is -2.69. The van der Waals surface area contributed by atoms with Gasteiger partial charge in [0, 0.05) is 24.4 Å². The van der Waals surface area contributed by atoms with Crippen LogP contribution in [0.25, 0.3) is 0 Å². The van der Waals surface area contributed by atoms with E-state index in [2.05, 4.69) is 223 Å². The summed E-state index contributed by atoms with van der Waals surface area (Å²) >= 11 is 0. The van der Waals surface area contributed by atoms with Crippen molar-refractivity contribution >= 4 is 45.7 Å². The Hall–Kier alpha value is -3.19. The van der Waals surface area contributed by atoms with Gasteiger partial charge in [0.2, 0.25) is 0 Å². The maximum atomic E-state index is 13.3. The Morgan fingerprint density at radius 2 is 1.16 bits per heavy atom. The first-order valence-electron chi connectivity index (χ1n) is 25.3. The van der Waals surface area contributed by atoms with Crippen molar-refractivity contribution in [2.45, 2.75) is 167 Å². The molecule has 2 saturated heterocycles. The number of rotatable bonds is 17. The van der Waals surface area contributed by atoms with Gasteiger partial charge in [-0.3, -0.25) is 0 Å². The molecule has 1 unspecified atom stereocenters. The predicted octanol–water partition coefficient (Wildman–Crippen LogP) is 12.1. The van der Waals surface area contributed by atoms with E-state index in [1.54, 1.807) is 0 Å². The monoisotopic (exact) mass is 957 g/mol. The average Bonchev–Trinajstić information content (AvgIpc) is 3.78. The Morgan fingerprint density at radius 3 is 1.60 bits per heavy atom. The van der Waals surface area contributed by atoms with E-state index < -0.39 is 36.7 Å². The van der Waals surface area contributed by atoms with Crippen LogP contribution in [0.15, 0.2) is 145 Å². The molecular weight excluding hydrogens is 873 g/mol. The normalized spacial score (nSPS) is 24.2. The molecule has 8 heteroatoms. The maximum Gasteiger partial charge on any atom is 0.261 e. The Balaban J connectivity index is 1.20. The molecule has 5 nitrogen and oxygen atoms in total. The first kappa shape index (κ1) is 51.7. The van der Waals surface area contributed by atoms with E-state index in [1.807, 2.05) is 0 Å². The molecule has 2 aliphatic heterocycles. The molecule has 1 N–H and O–H groups in total. The van der Waals surface area contributed by atoms with Gasteiger partial charge in [0.05, 0.1) is 18.8 Å². The quantitative estimate of drug-likeness (QED) is 0.0649. The van der Waals surface area contributed by atoms with Crippen molar-refractivity contribution in [1.82, 2.24) is 0 Å². The fraction of sp³-hybridized carbons (Fsp3) is 0.525. The van der Waals surface area contributed by atoms with Gasteiger partial charge in [-0.05, 0) is 98.1 Å². The van der Waals surface area contributed by atoms with E-state index >= 15 is 0 Å². The summed E-state index contributed by atoms with van der Waals surface area (Å²) in [5.74, 6) is 0.401. The first-order chi connectivity index (χ1) is 31.5. The van der Waals surface area contributed by atoms with Gasteiger partial charge in [-0.2, -0.15) is 0 Å². The number of ether oxygens (including phenoxy) is 1. The zero-order chi connectivity index (χ0) is 48.7. The Bertz CT molecular complexity index is 2210. The van der Waals surface area contributed by atoms with Crippen LogP contribution in [0.5, 0.6) is 0 Å². The Morgan fingerprint density at radius 1 is 0.701 bits per heavy atom. The van der Waals surface area contributed by atoms with Gasteiger partial charge in [0.1, 0.15) is 11.7 Å². The first-order valence-corrected chi connectivity index (χ1v) is 32.1. The second-order valence-electron chi connectivity index (χ2n) is 24.4. The predicted molar refractivity (Wildman–Crippen MR) is 289 cm³/mol. The summed E-state index contributed by atoms with van der Waals surface area (Å²) in [5.41, 5.74) is 1.19. The summed E-state index contributed by atoms with van der Waals surface area (Å²) in [6, 6.07) is 43.8. The fourth-order valence-corrected chi connectivity index (χ4v) is 22.5. The molecule has 7 rings (SSSR count). The lowest BCUT2D eigenvalue weighted by molar-refractivity contribution is -0.0796. The minimum atomic E-state index is -2.93. The lowest BCUT2D eigenvalue weighted by atomic mass is 9.59. The molecule has 0 saturated carbocycles. The number of aliphatic hydroxyl groups excluding tert-OH is 1. The molecule has 362 valence electrons. The molecule has 2 bridgehead atoms. The molecule has 6 atom stereocenters. The van der Waals surface area contributed by atoms with Gasteiger partial charge in [0.25, 0.3) is 16.6 Å². The fourth-order valence-electron chi connectivity index (χ4n) is 12.3. The van der Waals surface area contributed by atoms with E-state index in [0.717, 1.165) is 37.7 Å². The van der Waals surface area contributed by atoms with Crippen LogP contribution in [0.3, 0.4) is 0 Å². The molecule has 0 amide bonds. The van der Waals surface area contributed by atoms with E-state index in [9.17, 15) is 5.11 Å². The largest absolute Gasteiger partial charge is 0.413 e. The van der Waals surface area contributed by atoms with Gasteiger partial charge in [0.15, 0.2) is 8.32 Å². The SMILES string of the molecule is C=C[C@H]1C(C)(C)[C@H]2O[C@]1([C@@H](O)C1=C(CO[Si](C)(C)C(C)(C)C)CC(CCCO[Si](c3ccccc3)(c3ccccc3)C(C)(C)C)CC1)C[C@@H]2O[Si](c1ccccc1)(c1ccccc1)C(C)(C)C. The zero-order valence-electron chi connectivity index (χ0n) is 43.5. The highest BCUT2D eigenvalue weighted by Gasteiger charge is 2.71. The third-order valence-electron chi connectivity index (χ3n) is 16.8. The highest BCUT2D eigenvalue weighted by Crippen LogP contribution is 2.62. The topological polar surface area (TPSA) is 57.2 Å². The molecule has 3 aliphatic rings. The van der Waals surface area contributed by atoms with E-state index in [0.29, 0.717) is 25.6 Å². The van der Waals surface area contributed by atoms with Gasteiger partial charge >= 0.3 is 0 Å². The van der Waals surface area contributed by atoms with E-state index in [1.165, 1.54) is 26.3 Å². The van der Waals surface area contributed by atoms with Crippen molar-refractivity contribution in [3.8, 4) is 0 Å². The molecule has 1 aliphatic carbocycles. The van der Waals surface area contributed by atoms with Crippen molar-refractivity contribution in [3.05, 3.63) is 145 Å². The Labute approximate surface area is 409 Å². The number of fused-ring (bicyclic) bond motifs is 2. The van der Waals surface area contributed by atoms with Crippen LogP contribution < -0.4 is 20.7 Å². The second kappa shape index (κ2) is 19.5. The molecule has 4 aromatic rings. The summed E-state index contributed by atoms with van der Waals surface area (Å²) in [6.45, 7) is 36.0. The maximum absolute atomic E-state index is 13.3. The minimum Gasteiger partial charge on any atom is -0.413 e. The standard InChI is InChI=1S/C59H84O5Si3/c1-15-52-58(11,12)54-51(64-67(57(8,9)10,48-34-24-18-25-35-48)49-36-26-19-27-37-49)42-59(52,63-54)53(60)50-39-38-44(41-45(50)43-62-65(13,14)55(2,3)4)29-28-40-61-66(56(5,6)7,46-30-20-16-21-31-46)47-32-22-17-23-33-47/h15-27,30-37,44,51-54,60H,1,28-29,38-43H2,2-14H3/t44?,51-,52-,53-,54-,59+/m0/s1. The van der Waals surface area contributed by atoms with Crippen LogP contribution in [0, 0.1) is 17.3 Å². The molecule has 2 fully saturated rings. The van der Waals surface area contributed by atoms with Crippen LogP contribution in [0.4, 0.5) is 0 Å². The molecule has 4 aromatic carbocycles. The van der Waals surface area contributed by atoms with Crippen LogP contribution >= 0.6 is 0 Å². The van der Waals surface area contributed by atoms with Crippen LogP contribution in [-0.4, -0.2) is 67.2 Å². The Kier molecular flexibility index (Phi) is 15.1. The lowest BCUT2D eigenvalue weighted by Gasteiger charge is -2.50. The molecule has 0 radical (unpaired) electrons. The molecule has 67 heavy (non-hydrogen) atoms. The number of hydrogen-bond donors (Lipinski definition) is 1. The zero-order valence-corrected chi connectivity index (χ0v) is 46.5. The number of benzene rings is 4. The average molecular weight is 958 g/mol. The van der Waals surface area contributed by atoms with E-state index in [4.69, 9.17) is 18.0 Å². The third kappa shape index (κ3) is 9.57. The van der Waals surface area contributed by atoms with Crippen LogP contribution in [0.2, 0.25) is 28.2 Å². The van der Waals surface area contributed by atoms with Gasteiger partial charge in [-0.15, -0.1) is 6.58 Å². The van der Waals surface area contributed by atoms with Gasteiger partial charge < -0.3 is 23.1 Å². The van der Waals surface area contributed by atoms with Crippen molar-refractivity contribution in [1.29, 1.82) is 0 Å². The summed E-state index contributed by atoms with van der Waals surface area (Å²) in [7, 11) is -7.68. The second-order valence-corrected chi connectivity index (χ2v) is 37.8. The smallest absolute Gasteiger partial charge is 0.261 e. The molecular formula is C59H84O5Si3. The van der Waals surface area contributed by atoms with Crippen molar-refractivity contribution in [2.24, 2.45) is 17.3 Å². The summed E-state index contributed by atoms with van der Waals surface area (Å²) < 4.78 is 29.8. The third-order valence-corrected chi connectivity index (χ3v) is 31.3. The highest BCUT2D eigenvalue weighted by molar-refractivity contribution is 7.00. The summed E-state index contributed by atoms with van der Waals surface area (Å²) in [6.07, 6.45) is 6.21. The minimum absolute atomic E-state index is 0.0636. The number of aliphatic hydroxyl groups is 1. The van der Waals surface area contributed by atoms with Crippen molar-refractivity contribution in [2.75, 3.05) is 13.2 Å². The summed E-state index contributed by atoms with van der Waals surface area (Å²) in [4.78, 5) is 0. The molecule has 0 spiro atoms. The van der Waals surface area contributed by atoms with E-state index in [-0.39, 0.29) is 38.7 Å². The van der Waals surface area contributed by atoms with Crippen LogP contribution in [0.1, 0.15) is 115 Å².